The SMILES string of the molecule is O=C(CN1C(=O)/C(=C\c2cccc(Cl)c2)Oc2ccccc21)NC1CCCC1. The lowest BCUT2D eigenvalue weighted by Gasteiger charge is -2.30. The monoisotopic (exact) mass is 396 g/mol. The highest BCUT2D eigenvalue weighted by Crippen LogP contribution is 2.35. The van der Waals surface area contributed by atoms with Crippen LogP contribution in [0.1, 0.15) is 31.2 Å². The van der Waals surface area contributed by atoms with Crippen molar-refractivity contribution in [2.45, 2.75) is 31.7 Å². The number of anilines is 1. The molecule has 1 aliphatic heterocycles. The fourth-order valence-electron chi connectivity index (χ4n) is 3.65. The van der Waals surface area contributed by atoms with Crippen molar-refractivity contribution in [3.8, 4) is 5.75 Å². The van der Waals surface area contributed by atoms with Crippen LogP contribution in [0, 0.1) is 0 Å². The Labute approximate surface area is 168 Å². The first kappa shape index (κ1) is 18.6. The molecule has 0 aromatic heterocycles. The van der Waals surface area contributed by atoms with Gasteiger partial charge in [-0.25, -0.2) is 0 Å². The third-order valence-corrected chi connectivity index (χ3v) is 5.24. The molecule has 6 heteroatoms. The molecule has 144 valence electrons. The zero-order valence-corrected chi connectivity index (χ0v) is 16.1. The molecule has 5 nitrogen and oxygen atoms in total. The van der Waals surface area contributed by atoms with Gasteiger partial charge in [0.25, 0.3) is 5.91 Å². The number of carbonyl (C=O) groups excluding carboxylic acids is 2. The molecule has 2 aromatic carbocycles. The van der Waals surface area contributed by atoms with Gasteiger partial charge >= 0.3 is 0 Å². The minimum Gasteiger partial charge on any atom is -0.449 e. The maximum absolute atomic E-state index is 13.1. The lowest BCUT2D eigenvalue weighted by Crippen LogP contribution is -2.46. The normalized spacial score (nSPS) is 18.1. The van der Waals surface area contributed by atoms with Crippen LogP contribution in [0.25, 0.3) is 6.08 Å². The van der Waals surface area contributed by atoms with Crippen LogP contribution in [0.15, 0.2) is 54.3 Å². The number of fused-ring (bicyclic) bond motifs is 1. The molecular weight excluding hydrogens is 376 g/mol. The number of carbonyl (C=O) groups is 2. The number of benzene rings is 2. The molecule has 2 amide bonds. The first-order valence-electron chi connectivity index (χ1n) is 9.45. The summed E-state index contributed by atoms with van der Waals surface area (Å²) in [6.07, 6.45) is 5.91. The van der Waals surface area contributed by atoms with Crippen LogP contribution in [0.4, 0.5) is 5.69 Å². The summed E-state index contributed by atoms with van der Waals surface area (Å²) in [7, 11) is 0. The third kappa shape index (κ3) is 4.04. The first-order valence-corrected chi connectivity index (χ1v) is 9.83. The van der Waals surface area contributed by atoms with Gasteiger partial charge in [-0.1, -0.05) is 48.7 Å². The Morgan fingerprint density at radius 3 is 2.75 bits per heavy atom. The van der Waals surface area contributed by atoms with Crippen molar-refractivity contribution in [1.29, 1.82) is 0 Å². The van der Waals surface area contributed by atoms with Crippen LogP contribution in [-0.2, 0) is 9.59 Å². The van der Waals surface area contributed by atoms with Gasteiger partial charge < -0.3 is 10.1 Å². The minimum atomic E-state index is -0.347. The van der Waals surface area contributed by atoms with E-state index >= 15 is 0 Å². The van der Waals surface area contributed by atoms with Crippen molar-refractivity contribution in [3.05, 3.63) is 64.9 Å². The summed E-state index contributed by atoms with van der Waals surface area (Å²) in [5.74, 6) is 0.206. The maximum atomic E-state index is 13.1. The van der Waals surface area contributed by atoms with E-state index in [1.54, 1.807) is 30.3 Å². The van der Waals surface area contributed by atoms with Crippen LogP contribution in [0.3, 0.4) is 0 Å². The average molecular weight is 397 g/mol. The van der Waals surface area contributed by atoms with Gasteiger partial charge in [-0.3, -0.25) is 14.5 Å². The fourth-order valence-corrected chi connectivity index (χ4v) is 3.85. The molecule has 0 saturated heterocycles. The molecule has 0 spiro atoms. The zero-order valence-electron chi connectivity index (χ0n) is 15.4. The molecule has 4 rings (SSSR count). The molecule has 2 aromatic rings. The van der Waals surface area contributed by atoms with Gasteiger partial charge in [0.1, 0.15) is 6.54 Å². The molecule has 1 fully saturated rings. The van der Waals surface area contributed by atoms with E-state index in [1.807, 2.05) is 24.3 Å². The van der Waals surface area contributed by atoms with Gasteiger partial charge in [0.15, 0.2) is 11.5 Å². The zero-order chi connectivity index (χ0) is 19.5. The number of halogens is 1. The molecular formula is C22H21ClN2O3. The Morgan fingerprint density at radius 1 is 1.18 bits per heavy atom. The Hall–Kier alpha value is -2.79. The summed E-state index contributed by atoms with van der Waals surface area (Å²) >= 11 is 6.04. The minimum absolute atomic E-state index is 0.0391. The highest BCUT2D eigenvalue weighted by Gasteiger charge is 2.32. The molecule has 2 aliphatic rings. The molecule has 0 atom stereocenters. The van der Waals surface area contributed by atoms with E-state index in [1.165, 1.54) is 4.90 Å². The van der Waals surface area contributed by atoms with Gasteiger partial charge in [0.05, 0.1) is 5.69 Å². The predicted molar refractivity (Wildman–Crippen MR) is 109 cm³/mol. The second-order valence-electron chi connectivity index (χ2n) is 7.07. The summed E-state index contributed by atoms with van der Waals surface area (Å²) in [4.78, 5) is 27.1. The molecule has 0 unspecified atom stereocenters. The summed E-state index contributed by atoms with van der Waals surface area (Å²) in [5.41, 5.74) is 1.35. The van der Waals surface area contributed by atoms with Crippen molar-refractivity contribution in [1.82, 2.24) is 5.32 Å². The molecule has 1 heterocycles. The van der Waals surface area contributed by atoms with E-state index < -0.39 is 0 Å². The van der Waals surface area contributed by atoms with Crippen molar-refractivity contribution in [3.63, 3.8) is 0 Å². The number of ether oxygens (including phenoxy) is 1. The first-order chi connectivity index (χ1) is 13.6. The van der Waals surface area contributed by atoms with Gasteiger partial charge in [-0.05, 0) is 48.7 Å². The lowest BCUT2D eigenvalue weighted by molar-refractivity contribution is -0.123. The Kier molecular flexibility index (Phi) is 5.35. The van der Waals surface area contributed by atoms with Gasteiger partial charge in [0, 0.05) is 11.1 Å². The molecule has 28 heavy (non-hydrogen) atoms. The average Bonchev–Trinajstić information content (AvgIpc) is 3.18. The summed E-state index contributed by atoms with van der Waals surface area (Å²) in [6, 6.07) is 14.6. The molecule has 1 aliphatic carbocycles. The van der Waals surface area contributed by atoms with E-state index in [4.69, 9.17) is 16.3 Å². The Balaban J connectivity index is 1.60. The number of hydrogen-bond acceptors (Lipinski definition) is 3. The van der Waals surface area contributed by atoms with Crippen LogP contribution in [0.5, 0.6) is 5.75 Å². The van der Waals surface area contributed by atoms with Gasteiger partial charge in [-0.15, -0.1) is 0 Å². The highest BCUT2D eigenvalue weighted by molar-refractivity contribution is 6.30. The quantitative estimate of drug-likeness (QED) is 0.789. The van der Waals surface area contributed by atoms with Crippen molar-refractivity contribution >= 4 is 35.2 Å². The van der Waals surface area contributed by atoms with Crippen molar-refractivity contribution in [2.75, 3.05) is 11.4 Å². The van der Waals surface area contributed by atoms with E-state index in [2.05, 4.69) is 5.32 Å². The molecule has 1 saturated carbocycles. The maximum Gasteiger partial charge on any atom is 0.294 e. The fraction of sp³-hybridized carbons (Fsp3) is 0.273. The van der Waals surface area contributed by atoms with Crippen LogP contribution in [-0.4, -0.2) is 24.4 Å². The Morgan fingerprint density at radius 2 is 1.96 bits per heavy atom. The van der Waals surface area contributed by atoms with Gasteiger partial charge in [-0.2, -0.15) is 0 Å². The second-order valence-corrected chi connectivity index (χ2v) is 7.51. The number of nitrogens with zero attached hydrogens (tertiary/aromatic N) is 1. The number of hydrogen-bond donors (Lipinski definition) is 1. The Bertz CT molecular complexity index is 935. The molecule has 0 bridgehead atoms. The van der Waals surface area contributed by atoms with Crippen molar-refractivity contribution in [2.24, 2.45) is 0 Å². The topological polar surface area (TPSA) is 58.6 Å². The molecule has 0 radical (unpaired) electrons. The summed E-state index contributed by atoms with van der Waals surface area (Å²) in [6.45, 7) is -0.0391. The van der Waals surface area contributed by atoms with E-state index in [0.717, 1.165) is 31.2 Å². The highest BCUT2D eigenvalue weighted by atomic mass is 35.5. The number of rotatable bonds is 4. The molecule has 1 N–H and O–H groups in total. The van der Waals surface area contributed by atoms with Crippen LogP contribution in [0.2, 0.25) is 5.02 Å². The van der Waals surface area contributed by atoms with E-state index in [-0.39, 0.29) is 30.2 Å². The summed E-state index contributed by atoms with van der Waals surface area (Å²) in [5, 5.41) is 3.61. The largest absolute Gasteiger partial charge is 0.449 e. The third-order valence-electron chi connectivity index (χ3n) is 5.00. The van der Waals surface area contributed by atoms with Crippen LogP contribution >= 0.6 is 11.6 Å². The lowest BCUT2D eigenvalue weighted by atomic mass is 10.1. The van der Waals surface area contributed by atoms with E-state index in [0.29, 0.717) is 16.5 Å². The number of amides is 2. The number of nitrogens with one attached hydrogen (secondary N) is 1. The van der Waals surface area contributed by atoms with Gasteiger partial charge in [0.2, 0.25) is 5.91 Å². The van der Waals surface area contributed by atoms with Crippen LogP contribution < -0.4 is 15.0 Å². The smallest absolute Gasteiger partial charge is 0.294 e. The van der Waals surface area contributed by atoms with Crippen molar-refractivity contribution < 1.29 is 14.3 Å². The predicted octanol–water partition coefficient (Wildman–Crippen LogP) is 4.17. The summed E-state index contributed by atoms with van der Waals surface area (Å²) < 4.78 is 5.83. The standard InChI is InChI=1S/C22H21ClN2O3/c23-16-7-5-6-15(12-16)13-20-22(27)25(18-10-3-4-11-19(18)28-20)14-21(26)24-17-8-1-2-9-17/h3-7,10-13,17H,1-2,8-9,14H2,(H,24,26)/b20-13+. The number of para-hydroxylation sites is 2. The van der Waals surface area contributed by atoms with E-state index in [9.17, 15) is 9.59 Å². The second kappa shape index (κ2) is 8.07.